The second kappa shape index (κ2) is 6.29. The van der Waals surface area contributed by atoms with Crippen molar-refractivity contribution in [1.82, 2.24) is 9.88 Å². The first-order chi connectivity index (χ1) is 13.6. The molecule has 2 aliphatic rings. The molecule has 5 rings (SSSR count). The number of amides is 1. The number of pyridine rings is 1. The van der Waals surface area contributed by atoms with E-state index in [9.17, 15) is 13.2 Å². The highest BCUT2D eigenvalue weighted by molar-refractivity contribution is 7.93. The molecule has 142 valence electrons. The topological polar surface area (TPSA) is 88.6 Å². The molecule has 28 heavy (non-hydrogen) atoms. The van der Waals surface area contributed by atoms with E-state index in [0.717, 1.165) is 0 Å². The molecular formula is C20H17N3O4S. The van der Waals surface area contributed by atoms with Gasteiger partial charge >= 0.3 is 0 Å². The van der Waals surface area contributed by atoms with E-state index in [1.807, 2.05) is 0 Å². The van der Waals surface area contributed by atoms with Crippen LogP contribution in [0.4, 0.5) is 5.69 Å². The SMILES string of the molecule is O=C(c1cc2c(c3ncccc13)NS(=O)(=O)c1ccccc1-2)N1CCOCC1. The number of ether oxygens (including phenoxy) is 1. The van der Waals surface area contributed by atoms with Gasteiger partial charge in [-0.2, -0.15) is 0 Å². The largest absolute Gasteiger partial charge is 0.378 e. The molecule has 1 amide bonds. The van der Waals surface area contributed by atoms with Crippen molar-refractivity contribution in [2.75, 3.05) is 31.0 Å². The van der Waals surface area contributed by atoms with Crippen molar-refractivity contribution in [3.63, 3.8) is 0 Å². The van der Waals surface area contributed by atoms with Gasteiger partial charge in [0.2, 0.25) is 0 Å². The number of morpholine rings is 1. The quantitative estimate of drug-likeness (QED) is 0.684. The number of hydrogen-bond acceptors (Lipinski definition) is 5. The Labute approximate surface area is 162 Å². The highest BCUT2D eigenvalue weighted by Gasteiger charge is 2.31. The number of carbonyl (C=O) groups excluding carboxylic acids is 1. The standard InChI is InChI=1S/C20H17N3O4S/c24-20(23-8-10-27-11-9-23)16-12-15-13-4-1-2-6-17(13)28(25,26)22-19(15)18-14(16)5-3-7-21-18/h1-7,12,22H,8-11H2. The van der Waals surface area contributed by atoms with Crippen molar-refractivity contribution in [2.24, 2.45) is 0 Å². The predicted octanol–water partition coefficient (Wildman–Crippen LogP) is 2.49. The van der Waals surface area contributed by atoms with Crippen LogP contribution in [0.5, 0.6) is 0 Å². The minimum absolute atomic E-state index is 0.102. The van der Waals surface area contributed by atoms with Crippen LogP contribution >= 0.6 is 0 Å². The molecular weight excluding hydrogens is 378 g/mol. The number of rotatable bonds is 1. The van der Waals surface area contributed by atoms with Gasteiger partial charge in [-0.3, -0.25) is 14.5 Å². The molecule has 1 saturated heterocycles. The molecule has 0 radical (unpaired) electrons. The third-order valence-corrected chi connectivity index (χ3v) is 6.53. The Bertz CT molecular complexity index is 1220. The Morgan fingerprint density at radius 1 is 1.07 bits per heavy atom. The summed E-state index contributed by atoms with van der Waals surface area (Å²) in [4.78, 5) is 19.6. The van der Waals surface area contributed by atoms with Crippen molar-refractivity contribution >= 4 is 32.5 Å². The number of nitrogens with one attached hydrogen (secondary N) is 1. The van der Waals surface area contributed by atoms with Gasteiger partial charge in [0.1, 0.15) is 0 Å². The lowest BCUT2D eigenvalue weighted by Gasteiger charge is -2.28. The minimum Gasteiger partial charge on any atom is -0.378 e. The highest BCUT2D eigenvalue weighted by atomic mass is 32.2. The summed E-state index contributed by atoms with van der Waals surface area (Å²) >= 11 is 0. The van der Waals surface area contributed by atoms with Crippen LogP contribution in [-0.4, -0.2) is 50.5 Å². The summed E-state index contributed by atoms with van der Waals surface area (Å²) < 4.78 is 33.4. The van der Waals surface area contributed by atoms with Crippen LogP contribution in [0.25, 0.3) is 22.0 Å². The maximum atomic E-state index is 13.2. The van der Waals surface area contributed by atoms with Gasteiger partial charge in [-0.25, -0.2) is 8.42 Å². The maximum absolute atomic E-state index is 13.2. The molecule has 1 N–H and O–H groups in total. The van der Waals surface area contributed by atoms with E-state index in [-0.39, 0.29) is 10.8 Å². The number of aromatic nitrogens is 1. The van der Waals surface area contributed by atoms with E-state index in [1.165, 1.54) is 0 Å². The molecule has 0 spiro atoms. The van der Waals surface area contributed by atoms with Crippen molar-refractivity contribution in [2.45, 2.75) is 4.90 Å². The molecule has 0 aliphatic carbocycles. The number of hydrogen-bond donors (Lipinski definition) is 1. The third-order valence-electron chi connectivity index (χ3n) is 5.12. The number of sulfonamides is 1. The maximum Gasteiger partial charge on any atom is 0.262 e. The van der Waals surface area contributed by atoms with Crippen LogP contribution in [-0.2, 0) is 14.8 Å². The number of carbonyl (C=O) groups is 1. The normalized spacial score (nSPS) is 17.5. The molecule has 3 aromatic rings. The van der Waals surface area contributed by atoms with Gasteiger partial charge in [0.15, 0.2) is 0 Å². The molecule has 0 unspecified atom stereocenters. The smallest absolute Gasteiger partial charge is 0.262 e. The first-order valence-electron chi connectivity index (χ1n) is 8.97. The van der Waals surface area contributed by atoms with Crippen molar-refractivity contribution in [1.29, 1.82) is 0 Å². The lowest BCUT2D eigenvalue weighted by molar-refractivity contribution is 0.0304. The molecule has 0 atom stereocenters. The Morgan fingerprint density at radius 3 is 2.68 bits per heavy atom. The average molecular weight is 395 g/mol. The van der Waals surface area contributed by atoms with Crippen LogP contribution < -0.4 is 4.72 Å². The summed E-state index contributed by atoms with van der Waals surface area (Å²) in [7, 11) is -3.70. The van der Waals surface area contributed by atoms with Crippen molar-refractivity contribution in [3.05, 3.63) is 54.2 Å². The first kappa shape index (κ1) is 17.2. The second-order valence-electron chi connectivity index (χ2n) is 6.75. The van der Waals surface area contributed by atoms with Crippen LogP contribution in [0, 0.1) is 0 Å². The van der Waals surface area contributed by atoms with Crippen LogP contribution in [0.15, 0.2) is 53.6 Å². The predicted molar refractivity (Wildman–Crippen MR) is 105 cm³/mol. The van der Waals surface area contributed by atoms with Gasteiger partial charge in [0.25, 0.3) is 15.9 Å². The number of fused-ring (bicyclic) bond motifs is 5. The van der Waals surface area contributed by atoms with Crippen molar-refractivity contribution < 1.29 is 17.9 Å². The molecule has 8 heteroatoms. The van der Waals surface area contributed by atoms with Crippen molar-refractivity contribution in [3.8, 4) is 11.1 Å². The van der Waals surface area contributed by atoms with Gasteiger partial charge in [0.05, 0.1) is 29.3 Å². The molecule has 0 bridgehead atoms. The average Bonchev–Trinajstić information content (AvgIpc) is 2.73. The fourth-order valence-electron chi connectivity index (χ4n) is 3.79. The van der Waals surface area contributed by atoms with Crippen LogP contribution in [0.3, 0.4) is 0 Å². The molecule has 2 aromatic carbocycles. The summed E-state index contributed by atoms with van der Waals surface area (Å²) in [5.41, 5.74) is 2.62. The Hall–Kier alpha value is -2.97. The third kappa shape index (κ3) is 2.56. The van der Waals surface area contributed by atoms with E-state index in [4.69, 9.17) is 4.74 Å². The van der Waals surface area contributed by atoms with Crippen LogP contribution in [0.1, 0.15) is 10.4 Å². The van der Waals surface area contributed by atoms with E-state index < -0.39 is 10.0 Å². The fourth-order valence-corrected chi connectivity index (χ4v) is 5.10. The Morgan fingerprint density at radius 2 is 1.86 bits per heavy atom. The zero-order chi connectivity index (χ0) is 19.3. The lowest BCUT2D eigenvalue weighted by Crippen LogP contribution is -2.40. The van der Waals surface area contributed by atoms with E-state index in [1.54, 1.807) is 53.6 Å². The van der Waals surface area contributed by atoms with Crippen LogP contribution in [0.2, 0.25) is 0 Å². The monoisotopic (exact) mass is 395 g/mol. The van der Waals surface area contributed by atoms with Gasteiger partial charge in [-0.1, -0.05) is 24.3 Å². The molecule has 2 aliphatic heterocycles. The first-order valence-corrected chi connectivity index (χ1v) is 10.5. The summed E-state index contributed by atoms with van der Waals surface area (Å²) in [5, 5.41) is 0.625. The van der Waals surface area contributed by atoms with Gasteiger partial charge in [-0.05, 0) is 18.2 Å². The molecule has 1 fully saturated rings. The minimum atomic E-state index is -3.70. The number of anilines is 1. The Balaban J connectivity index is 1.79. The van der Waals surface area contributed by atoms with E-state index >= 15 is 0 Å². The summed E-state index contributed by atoms with van der Waals surface area (Å²) in [6.07, 6.45) is 1.60. The molecule has 0 saturated carbocycles. The van der Waals surface area contributed by atoms with E-state index in [0.29, 0.717) is 59.6 Å². The van der Waals surface area contributed by atoms with E-state index in [2.05, 4.69) is 9.71 Å². The number of benzene rings is 2. The Kier molecular flexibility index (Phi) is 3.85. The van der Waals surface area contributed by atoms with Gasteiger partial charge in [-0.15, -0.1) is 0 Å². The molecule has 7 nitrogen and oxygen atoms in total. The summed E-state index contributed by atoms with van der Waals surface area (Å²) in [6, 6.07) is 12.1. The fraction of sp³-hybridized carbons (Fsp3) is 0.200. The lowest BCUT2D eigenvalue weighted by atomic mass is 9.96. The zero-order valence-electron chi connectivity index (χ0n) is 14.9. The number of nitrogens with zero attached hydrogens (tertiary/aromatic N) is 2. The highest BCUT2D eigenvalue weighted by Crippen LogP contribution is 2.43. The molecule has 1 aromatic heterocycles. The summed E-state index contributed by atoms with van der Waals surface area (Å²) in [5.74, 6) is -0.102. The zero-order valence-corrected chi connectivity index (χ0v) is 15.7. The summed E-state index contributed by atoms with van der Waals surface area (Å²) in [6.45, 7) is 2.08. The molecule has 3 heterocycles. The second-order valence-corrected chi connectivity index (χ2v) is 8.40. The van der Waals surface area contributed by atoms with Gasteiger partial charge < -0.3 is 9.64 Å². The van der Waals surface area contributed by atoms with Gasteiger partial charge in [0, 0.05) is 41.4 Å².